The zero-order valence-corrected chi connectivity index (χ0v) is 9.70. The third kappa shape index (κ3) is 1.76. The number of hydrogen-bond donors (Lipinski definition) is 0. The Balaban J connectivity index is 2.27. The van der Waals surface area contributed by atoms with Crippen molar-refractivity contribution in [2.24, 2.45) is 0 Å². The van der Waals surface area contributed by atoms with Gasteiger partial charge in [-0.3, -0.25) is 0 Å². The van der Waals surface area contributed by atoms with Crippen molar-refractivity contribution in [3.63, 3.8) is 0 Å². The fraction of sp³-hybridized carbons (Fsp3) is 0.143. The van der Waals surface area contributed by atoms with Crippen LogP contribution in [0.15, 0.2) is 36.5 Å². The third-order valence-electron chi connectivity index (χ3n) is 3.23. The Bertz CT molecular complexity index is 712. The molecule has 3 rings (SSSR count). The number of fused-ring (bicyclic) bond motifs is 3. The van der Waals surface area contributed by atoms with Crippen LogP contribution in [0.1, 0.15) is 16.7 Å². The van der Waals surface area contributed by atoms with Crippen molar-refractivity contribution in [2.75, 3.05) is 0 Å². The van der Waals surface area contributed by atoms with Crippen LogP contribution in [0.2, 0.25) is 0 Å². The van der Waals surface area contributed by atoms with Crippen molar-refractivity contribution in [3.05, 3.63) is 53.2 Å². The highest BCUT2D eigenvalue weighted by Crippen LogP contribution is 2.37. The summed E-state index contributed by atoms with van der Waals surface area (Å²) in [7, 11) is 0. The van der Waals surface area contributed by atoms with Crippen molar-refractivity contribution in [1.82, 2.24) is 0 Å². The summed E-state index contributed by atoms with van der Waals surface area (Å²) in [4.78, 5) is 0. The first-order valence-electron chi connectivity index (χ1n) is 5.64. The van der Waals surface area contributed by atoms with Gasteiger partial charge in [0.2, 0.25) is 5.69 Å². The molecule has 0 spiro atoms. The van der Waals surface area contributed by atoms with Gasteiger partial charge in [-0.1, -0.05) is 0 Å². The molecule has 0 saturated carbocycles. The molecule has 5 heteroatoms. The highest BCUT2D eigenvalue weighted by molar-refractivity contribution is 5.67. The van der Waals surface area contributed by atoms with Gasteiger partial charge in [0.1, 0.15) is 0 Å². The average Bonchev–Trinajstić information content (AvgIpc) is 2.73. The topological polar surface area (TPSA) is 27.7 Å². The number of nitriles is 1. The predicted molar refractivity (Wildman–Crippen MR) is 60.9 cm³/mol. The number of alkyl halides is 3. The third-order valence-corrected chi connectivity index (χ3v) is 3.23. The SMILES string of the molecule is N#Cc1cc2c(cc1C(F)(F)F)-c1cccc[n+]1C2. The molecule has 1 aliphatic rings. The summed E-state index contributed by atoms with van der Waals surface area (Å²) in [6, 6.07) is 9.43. The molecule has 1 aromatic heterocycles. The fourth-order valence-corrected chi connectivity index (χ4v) is 2.38. The molecule has 94 valence electrons. The smallest absolute Gasteiger partial charge is 0.194 e. The second-order valence-corrected chi connectivity index (χ2v) is 4.38. The quantitative estimate of drug-likeness (QED) is 0.572. The summed E-state index contributed by atoms with van der Waals surface area (Å²) in [5.41, 5.74) is 0.848. The van der Waals surface area contributed by atoms with Gasteiger partial charge >= 0.3 is 6.18 Å². The summed E-state index contributed by atoms with van der Waals surface area (Å²) in [5.74, 6) is 0. The minimum Gasteiger partial charge on any atom is -0.194 e. The monoisotopic (exact) mass is 261 g/mol. The van der Waals surface area contributed by atoms with Gasteiger partial charge in [0.25, 0.3) is 0 Å². The number of pyridine rings is 1. The van der Waals surface area contributed by atoms with Crippen LogP contribution in [0.4, 0.5) is 13.2 Å². The van der Waals surface area contributed by atoms with E-state index in [4.69, 9.17) is 5.26 Å². The molecular formula is C14H8F3N2+. The van der Waals surface area contributed by atoms with E-state index in [2.05, 4.69) is 0 Å². The molecule has 0 radical (unpaired) electrons. The number of halogens is 3. The van der Waals surface area contributed by atoms with Gasteiger partial charge in [-0.25, -0.2) is 0 Å². The maximum absolute atomic E-state index is 12.9. The molecule has 0 fully saturated rings. The molecule has 0 bridgehead atoms. The van der Waals surface area contributed by atoms with Gasteiger partial charge in [0, 0.05) is 17.7 Å². The van der Waals surface area contributed by atoms with E-state index < -0.39 is 11.7 Å². The summed E-state index contributed by atoms with van der Waals surface area (Å²) in [5, 5.41) is 8.87. The van der Waals surface area contributed by atoms with Gasteiger partial charge in [-0.15, -0.1) is 0 Å². The van der Waals surface area contributed by atoms with Crippen LogP contribution in [0.3, 0.4) is 0 Å². The average molecular weight is 261 g/mol. The molecule has 0 amide bonds. The molecule has 0 N–H and O–H groups in total. The second-order valence-electron chi connectivity index (χ2n) is 4.38. The van der Waals surface area contributed by atoms with Crippen molar-refractivity contribution < 1.29 is 17.7 Å². The number of nitrogens with zero attached hydrogens (tertiary/aromatic N) is 2. The lowest BCUT2D eigenvalue weighted by molar-refractivity contribution is -0.672. The van der Waals surface area contributed by atoms with Crippen molar-refractivity contribution in [3.8, 4) is 17.3 Å². The van der Waals surface area contributed by atoms with Crippen LogP contribution >= 0.6 is 0 Å². The molecule has 1 aromatic carbocycles. The van der Waals surface area contributed by atoms with Crippen molar-refractivity contribution in [2.45, 2.75) is 12.7 Å². The number of aromatic nitrogens is 1. The lowest BCUT2D eigenvalue weighted by Crippen LogP contribution is -2.31. The first-order valence-corrected chi connectivity index (χ1v) is 5.64. The van der Waals surface area contributed by atoms with Crippen LogP contribution in [0, 0.1) is 11.3 Å². The van der Waals surface area contributed by atoms with Crippen molar-refractivity contribution >= 4 is 0 Å². The van der Waals surface area contributed by atoms with E-state index >= 15 is 0 Å². The minimum absolute atomic E-state index is 0.320. The Kier molecular flexibility index (Phi) is 2.36. The summed E-state index contributed by atoms with van der Waals surface area (Å²) in [6.45, 7) is 0.498. The second kappa shape index (κ2) is 3.82. The van der Waals surface area contributed by atoms with Crippen LogP contribution in [-0.4, -0.2) is 0 Å². The molecule has 2 aromatic rings. The van der Waals surface area contributed by atoms with Gasteiger partial charge in [-0.2, -0.15) is 23.0 Å². The Morgan fingerprint density at radius 2 is 2.00 bits per heavy atom. The zero-order valence-electron chi connectivity index (χ0n) is 9.70. The van der Waals surface area contributed by atoms with Crippen LogP contribution in [0.25, 0.3) is 11.3 Å². The molecule has 0 saturated heterocycles. The van der Waals surface area contributed by atoms with Gasteiger partial charge < -0.3 is 0 Å². The maximum atomic E-state index is 12.9. The van der Waals surface area contributed by atoms with Crippen LogP contribution in [-0.2, 0) is 12.7 Å². The summed E-state index contributed by atoms with van der Waals surface area (Å²) in [6.07, 6.45) is -2.70. The molecule has 0 unspecified atom stereocenters. The van der Waals surface area contributed by atoms with E-state index in [0.717, 1.165) is 17.3 Å². The minimum atomic E-state index is -4.51. The zero-order chi connectivity index (χ0) is 13.6. The van der Waals surface area contributed by atoms with E-state index in [-0.39, 0.29) is 5.56 Å². The van der Waals surface area contributed by atoms with E-state index in [1.807, 2.05) is 16.8 Å². The molecule has 19 heavy (non-hydrogen) atoms. The Labute approximate surface area is 107 Å². The fourth-order valence-electron chi connectivity index (χ4n) is 2.38. The first kappa shape index (κ1) is 11.7. The van der Waals surface area contributed by atoms with Gasteiger partial charge in [-0.05, 0) is 18.2 Å². The molecule has 2 heterocycles. The molecule has 0 aliphatic carbocycles. The molecule has 2 nitrogen and oxygen atoms in total. The molecule has 0 atom stereocenters. The Morgan fingerprint density at radius 1 is 1.21 bits per heavy atom. The van der Waals surface area contributed by atoms with Crippen LogP contribution in [0.5, 0.6) is 0 Å². The normalized spacial score (nSPS) is 12.7. The van der Waals surface area contributed by atoms with Crippen molar-refractivity contribution in [1.29, 1.82) is 5.26 Å². The molecular weight excluding hydrogens is 253 g/mol. The Hall–Kier alpha value is -2.35. The highest BCUT2D eigenvalue weighted by Gasteiger charge is 2.37. The number of hydrogen-bond acceptors (Lipinski definition) is 1. The lowest BCUT2D eigenvalue weighted by atomic mass is 9.98. The lowest BCUT2D eigenvalue weighted by Gasteiger charge is -2.09. The Morgan fingerprint density at radius 3 is 2.68 bits per heavy atom. The van der Waals surface area contributed by atoms with E-state index in [1.165, 1.54) is 6.07 Å². The standard InChI is InChI=1S/C14H8F3N2/c15-14(16,17)12-6-11-10(5-9(12)7-18)8-19-4-2-1-3-13(11)19/h1-6H,8H2/q+1. The first-order chi connectivity index (χ1) is 9.00. The van der Waals surface area contributed by atoms with Gasteiger partial charge in [0.15, 0.2) is 12.7 Å². The van der Waals surface area contributed by atoms with E-state index in [1.54, 1.807) is 18.2 Å². The highest BCUT2D eigenvalue weighted by atomic mass is 19.4. The summed E-state index contributed by atoms with van der Waals surface area (Å²) >= 11 is 0. The maximum Gasteiger partial charge on any atom is 0.417 e. The van der Waals surface area contributed by atoms with E-state index in [0.29, 0.717) is 12.1 Å². The number of rotatable bonds is 0. The largest absolute Gasteiger partial charge is 0.417 e. The van der Waals surface area contributed by atoms with Gasteiger partial charge in [0.05, 0.1) is 22.8 Å². The van der Waals surface area contributed by atoms with E-state index in [9.17, 15) is 13.2 Å². The predicted octanol–water partition coefficient (Wildman–Crippen LogP) is 2.89. The van der Waals surface area contributed by atoms with Crippen LogP contribution < -0.4 is 4.57 Å². The molecule has 1 aliphatic heterocycles. The summed E-state index contributed by atoms with van der Waals surface area (Å²) < 4.78 is 40.6. The number of benzene rings is 1.